The van der Waals surface area contributed by atoms with Crippen LogP contribution in [-0.4, -0.2) is 44.0 Å². The van der Waals surface area contributed by atoms with E-state index in [9.17, 15) is 18.0 Å². The van der Waals surface area contributed by atoms with Crippen molar-refractivity contribution in [2.24, 2.45) is 0 Å². The molecular formula is C18H22N2O4S. The topological polar surface area (TPSA) is 83.6 Å². The molecule has 0 spiro atoms. The van der Waals surface area contributed by atoms with Crippen LogP contribution in [0.25, 0.3) is 0 Å². The number of rotatable bonds is 7. The van der Waals surface area contributed by atoms with E-state index in [1.165, 1.54) is 18.4 Å². The molecule has 1 heterocycles. The van der Waals surface area contributed by atoms with Crippen molar-refractivity contribution < 1.29 is 18.0 Å². The summed E-state index contributed by atoms with van der Waals surface area (Å²) in [6.07, 6.45) is 7.38. The van der Waals surface area contributed by atoms with Gasteiger partial charge >= 0.3 is 0 Å². The molecule has 6 nitrogen and oxygen atoms in total. The Hall–Kier alpha value is -1.99. The first kappa shape index (κ1) is 17.8. The molecule has 1 aromatic carbocycles. The molecule has 0 bridgehead atoms. The number of nitrogens with zero attached hydrogens (tertiary/aromatic N) is 1. The lowest BCUT2D eigenvalue weighted by atomic mass is 9.97. The van der Waals surface area contributed by atoms with Gasteiger partial charge in [-0.1, -0.05) is 23.8 Å². The van der Waals surface area contributed by atoms with E-state index < -0.39 is 21.8 Å². The van der Waals surface area contributed by atoms with Gasteiger partial charge < -0.3 is 0 Å². The first-order chi connectivity index (χ1) is 12.0. The third-order valence-electron chi connectivity index (χ3n) is 4.61. The van der Waals surface area contributed by atoms with Crippen LogP contribution < -0.4 is 4.72 Å². The lowest BCUT2D eigenvalue weighted by molar-refractivity contribution is 0.0664. The van der Waals surface area contributed by atoms with Crippen LogP contribution >= 0.6 is 0 Å². The van der Waals surface area contributed by atoms with Gasteiger partial charge in [0.25, 0.3) is 11.8 Å². The molecule has 7 heteroatoms. The highest BCUT2D eigenvalue weighted by atomic mass is 32.2. The Balaban J connectivity index is 1.52. The number of nitrogens with one attached hydrogen (secondary N) is 1. The van der Waals surface area contributed by atoms with Crippen LogP contribution in [0.4, 0.5) is 0 Å². The van der Waals surface area contributed by atoms with Gasteiger partial charge in [-0.05, 0) is 44.2 Å². The zero-order valence-electron chi connectivity index (χ0n) is 14.0. The number of hydrogen-bond acceptors (Lipinski definition) is 4. The van der Waals surface area contributed by atoms with Crippen LogP contribution in [0.5, 0.6) is 0 Å². The Morgan fingerprint density at radius 1 is 1.04 bits per heavy atom. The van der Waals surface area contributed by atoms with Crippen LogP contribution in [0.1, 0.15) is 52.8 Å². The van der Waals surface area contributed by atoms with Crippen LogP contribution in [0, 0.1) is 0 Å². The molecule has 0 fully saturated rings. The first-order valence-corrected chi connectivity index (χ1v) is 10.2. The van der Waals surface area contributed by atoms with E-state index in [4.69, 9.17) is 0 Å². The normalized spacial score (nSPS) is 17.6. The minimum atomic E-state index is -3.53. The van der Waals surface area contributed by atoms with Crippen molar-refractivity contribution in [2.75, 3.05) is 18.8 Å². The lowest BCUT2D eigenvalue weighted by Crippen LogP contribution is -2.38. The highest BCUT2D eigenvalue weighted by molar-refractivity contribution is 7.89. The number of hydrogen-bond donors (Lipinski definition) is 1. The van der Waals surface area contributed by atoms with Crippen LogP contribution in [0.15, 0.2) is 35.9 Å². The Morgan fingerprint density at radius 2 is 1.72 bits per heavy atom. The van der Waals surface area contributed by atoms with Gasteiger partial charge in [0.1, 0.15) is 0 Å². The van der Waals surface area contributed by atoms with E-state index in [1.807, 2.05) is 0 Å². The Bertz CT molecular complexity index is 779. The molecule has 25 heavy (non-hydrogen) atoms. The highest BCUT2D eigenvalue weighted by Gasteiger charge is 2.35. The van der Waals surface area contributed by atoms with Gasteiger partial charge in [-0.15, -0.1) is 0 Å². The average Bonchev–Trinajstić information content (AvgIpc) is 2.85. The van der Waals surface area contributed by atoms with Gasteiger partial charge in [-0.2, -0.15) is 0 Å². The SMILES string of the molecule is O=C1c2ccccc2C(=O)N1CCS(=O)(=O)NCCC1=CCCCC1. The summed E-state index contributed by atoms with van der Waals surface area (Å²) in [5, 5.41) is 0. The van der Waals surface area contributed by atoms with E-state index in [0.717, 1.165) is 17.7 Å². The predicted molar refractivity (Wildman–Crippen MR) is 94.8 cm³/mol. The number of carbonyl (C=O) groups is 2. The maximum Gasteiger partial charge on any atom is 0.261 e. The van der Waals surface area contributed by atoms with Crippen molar-refractivity contribution >= 4 is 21.8 Å². The molecule has 134 valence electrons. The molecular weight excluding hydrogens is 340 g/mol. The number of fused-ring (bicyclic) bond motifs is 1. The minimum Gasteiger partial charge on any atom is -0.273 e. The van der Waals surface area contributed by atoms with Gasteiger partial charge in [0, 0.05) is 13.1 Å². The van der Waals surface area contributed by atoms with Gasteiger partial charge in [0.05, 0.1) is 16.9 Å². The van der Waals surface area contributed by atoms with Gasteiger partial charge in [0.2, 0.25) is 10.0 Å². The molecule has 0 saturated carbocycles. The van der Waals surface area contributed by atoms with Crippen molar-refractivity contribution in [1.29, 1.82) is 0 Å². The minimum absolute atomic E-state index is 0.135. The summed E-state index contributed by atoms with van der Waals surface area (Å²) in [6, 6.07) is 6.54. The van der Waals surface area contributed by atoms with E-state index in [1.54, 1.807) is 24.3 Å². The number of amides is 2. The summed E-state index contributed by atoms with van der Waals surface area (Å²) in [5.41, 5.74) is 1.97. The fourth-order valence-corrected chi connectivity index (χ4v) is 4.20. The van der Waals surface area contributed by atoms with Crippen molar-refractivity contribution in [2.45, 2.75) is 32.1 Å². The molecule has 1 aliphatic heterocycles. The Kier molecular flexibility index (Phi) is 5.34. The summed E-state index contributed by atoms with van der Waals surface area (Å²) in [4.78, 5) is 25.5. The van der Waals surface area contributed by atoms with Gasteiger partial charge in [-0.25, -0.2) is 13.1 Å². The quantitative estimate of drug-likeness (QED) is 0.595. The van der Waals surface area contributed by atoms with Crippen LogP contribution in [0.3, 0.4) is 0 Å². The molecule has 2 aliphatic rings. The van der Waals surface area contributed by atoms with E-state index in [2.05, 4.69) is 10.8 Å². The molecule has 0 radical (unpaired) electrons. The maximum absolute atomic E-state index is 12.2. The summed E-state index contributed by atoms with van der Waals surface area (Å²) < 4.78 is 26.8. The molecule has 0 atom stereocenters. The van der Waals surface area contributed by atoms with Crippen molar-refractivity contribution in [3.8, 4) is 0 Å². The summed E-state index contributed by atoms with van der Waals surface area (Å²) in [5.74, 6) is -1.14. The number of allylic oxidation sites excluding steroid dienone is 1. The zero-order chi connectivity index (χ0) is 17.9. The maximum atomic E-state index is 12.2. The molecule has 1 aromatic rings. The molecule has 0 unspecified atom stereocenters. The summed E-state index contributed by atoms with van der Waals surface area (Å²) in [7, 11) is -3.53. The van der Waals surface area contributed by atoms with Gasteiger partial charge in [-0.3, -0.25) is 14.5 Å². The standard InChI is InChI=1S/C18H22N2O4S/c21-17-15-8-4-5-9-16(15)18(22)20(17)12-13-25(23,24)19-11-10-14-6-2-1-3-7-14/h4-6,8-9,19H,1-3,7,10-13H2. The molecule has 0 saturated heterocycles. The van der Waals surface area contributed by atoms with Crippen molar-refractivity contribution in [3.63, 3.8) is 0 Å². The summed E-state index contributed by atoms with van der Waals surface area (Å²) in [6.45, 7) is 0.223. The smallest absolute Gasteiger partial charge is 0.261 e. The second kappa shape index (κ2) is 7.49. The average molecular weight is 362 g/mol. The monoisotopic (exact) mass is 362 g/mol. The second-order valence-electron chi connectivity index (χ2n) is 6.38. The second-order valence-corrected chi connectivity index (χ2v) is 8.31. The third kappa shape index (κ3) is 4.16. The fraction of sp³-hybridized carbons (Fsp3) is 0.444. The fourth-order valence-electron chi connectivity index (χ4n) is 3.22. The number of sulfonamides is 1. The van der Waals surface area contributed by atoms with Crippen molar-refractivity contribution in [3.05, 3.63) is 47.0 Å². The van der Waals surface area contributed by atoms with E-state index in [-0.39, 0.29) is 12.3 Å². The predicted octanol–water partition coefficient (Wildman–Crippen LogP) is 2.09. The molecule has 0 aromatic heterocycles. The third-order valence-corrected chi connectivity index (χ3v) is 5.98. The molecule has 2 amide bonds. The molecule has 3 rings (SSSR count). The highest BCUT2D eigenvalue weighted by Crippen LogP contribution is 2.22. The zero-order valence-corrected chi connectivity index (χ0v) is 14.8. The van der Waals surface area contributed by atoms with E-state index in [0.29, 0.717) is 24.1 Å². The first-order valence-electron chi connectivity index (χ1n) is 8.58. The number of imide groups is 1. The van der Waals surface area contributed by atoms with Crippen LogP contribution in [0.2, 0.25) is 0 Å². The Labute approximate surface area is 148 Å². The number of benzene rings is 1. The van der Waals surface area contributed by atoms with Crippen molar-refractivity contribution in [1.82, 2.24) is 9.62 Å². The molecule has 1 N–H and O–H groups in total. The lowest BCUT2D eigenvalue weighted by Gasteiger charge is -2.15. The molecule has 1 aliphatic carbocycles. The van der Waals surface area contributed by atoms with E-state index >= 15 is 0 Å². The number of carbonyl (C=O) groups excluding carboxylic acids is 2. The Morgan fingerprint density at radius 3 is 2.32 bits per heavy atom. The van der Waals surface area contributed by atoms with Gasteiger partial charge in [0.15, 0.2) is 0 Å². The van der Waals surface area contributed by atoms with Crippen LogP contribution in [-0.2, 0) is 10.0 Å². The summed E-state index contributed by atoms with van der Waals surface area (Å²) >= 11 is 0. The largest absolute Gasteiger partial charge is 0.273 e.